The Kier molecular flexibility index (Phi) is 3.90. The Labute approximate surface area is 132 Å². The number of phenolic OH excluding ortho intramolecular Hbond substituents is 1. The second-order valence-corrected chi connectivity index (χ2v) is 5.13. The highest BCUT2D eigenvalue weighted by molar-refractivity contribution is 6.31. The number of pyridine rings is 1. The van der Waals surface area contributed by atoms with Crippen LogP contribution < -0.4 is 0 Å². The SMILES string of the molecule is O=C(/C=C/c1cc2ccccc2nc1Cl)c1ccccc1O. The number of fused-ring (bicyclic) bond motifs is 1. The maximum atomic E-state index is 12.1. The second kappa shape index (κ2) is 6.00. The number of para-hydroxylation sites is 2. The molecule has 0 amide bonds. The quantitative estimate of drug-likeness (QED) is 0.440. The van der Waals surface area contributed by atoms with Gasteiger partial charge in [0, 0.05) is 10.9 Å². The van der Waals surface area contributed by atoms with Gasteiger partial charge in [0.25, 0.3) is 0 Å². The average Bonchev–Trinajstić information content (AvgIpc) is 2.53. The molecule has 3 nitrogen and oxygen atoms in total. The number of hydrogen-bond donors (Lipinski definition) is 1. The van der Waals surface area contributed by atoms with E-state index in [0.29, 0.717) is 10.7 Å². The standard InChI is InChI=1S/C18H12ClNO2/c19-18-13(11-12-5-1-3-7-15(12)20-18)9-10-17(22)14-6-2-4-8-16(14)21/h1-11,21H/b10-9+. The number of carbonyl (C=O) groups is 1. The van der Waals surface area contributed by atoms with E-state index in [4.69, 9.17) is 11.6 Å². The first-order valence-corrected chi connectivity index (χ1v) is 7.08. The number of halogens is 1. The van der Waals surface area contributed by atoms with Gasteiger partial charge < -0.3 is 5.11 Å². The summed E-state index contributed by atoms with van der Waals surface area (Å²) in [4.78, 5) is 16.4. The molecule has 22 heavy (non-hydrogen) atoms. The van der Waals surface area contributed by atoms with E-state index in [2.05, 4.69) is 4.98 Å². The van der Waals surface area contributed by atoms with Gasteiger partial charge in [0.05, 0.1) is 11.1 Å². The Balaban J connectivity index is 1.94. The fourth-order valence-electron chi connectivity index (χ4n) is 2.16. The Hall–Kier alpha value is -2.65. The molecule has 0 unspecified atom stereocenters. The van der Waals surface area contributed by atoms with Crippen molar-refractivity contribution in [2.24, 2.45) is 0 Å². The van der Waals surface area contributed by atoms with Crippen molar-refractivity contribution < 1.29 is 9.90 Å². The number of phenols is 1. The third-order valence-electron chi connectivity index (χ3n) is 3.29. The van der Waals surface area contributed by atoms with E-state index in [1.807, 2.05) is 30.3 Å². The molecule has 0 spiro atoms. The molecule has 1 heterocycles. The normalized spacial score (nSPS) is 11.1. The first-order valence-electron chi connectivity index (χ1n) is 6.71. The number of nitrogens with zero attached hydrogens (tertiary/aromatic N) is 1. The summed E-state index contributed by atoms with van der Waals surface area (Å²) in [5.41, 5.74) is 1.71. The van der Waals surface area contributed by atoms with Crippen molar-refractivity contribution in [1.29, 1.82) is 0 Å². The number of benzene rings is 2. The molecule has 1 N–H and O–H groups in total. The third kappa shape index (κ3) is 2.85. The zero-order chi connectivity index (χ0) is 15.5. The van der Waals surface area contributed by atoms with Crippen molar-refractivity contribution in [1.82, 2.24) is 4.98 Å². The Morgan fingerprint density at radius 2 is 1.82 bits per heavy atom. The summed E-state index contributed by atoms with van der Waals surface area (Å²) in [6, 6.07) is 15.9. The van der Waals surface area contributed by atoms with Crippen LogP contribution in [-0.4, -0.2) is 15.9 Å². The summed E-state index contributed by atoms with van der Waals surface area (Å²) >= 11 is 6.14. The Morgan fingerprint density at radius 1 is 1.09 bits per heavy atom. The van der Waals surface area contributed by atoms with E-state index in [1.165, 1.54) is 12.1 Å². The molecule has 4 heteroatoms. The lowest BCUT2D eigenvalue weighted by Crippen LogP contribution is -1.94. The molecule has 0 saturated carbocycles. The molecule has 0 fully saturated rings. The van der Waals surface area contributed by atoms with Crippen molar-refractivity contribution in [3.8, 4) is 5.75 Å². The number of ketones is 1. The smallest absolute Gasteiger partial charge is 0.189 e. The Morgan fingerprint density at radius 3 is 2.64 bits per heavy atom. The number of rotatable bonds is 3. The number of aromatic nitrogens is 1. The van der Waals surface area contributed by atoms with Gasteiger partial charge in [-0.2, -0.15) is 0 Å². The molecule has 1 aromatic heterocycles. The zero-order valence-electron chi connectivity index (χ0n) is 11.5. The minimum Gasteiger partial charge on any atom is -0.507 e. The van der Waals surface area contributed by atoms with Gasteiger partial charge in [0.15, 0.2) is 5.78 Å². The van der Waals surface area contributed by atoms with Crippen molar-refractivity contribution >= 4 is 34.4 Å². The van der Waals surface area contributed by atoms with Crippen LogP contribution in [0.25, 0.3) is 17.0 Å². The van der Waals surface area contributed by atoms with Crippen molar-refractivity contribution in [2.45, 2.75) is 0 Å². The summed E-state index contributed by atoms with van der Waals surface area (Å²) in [6.07, 6.45) is 2.99. The summed E-state index contributed by atoms with van der Waals surface area (Å²) in [5, 5.41) is 11.0. The molecule has 0 aliphatic carbocycles. The highest BCUT2D eigenvalue weighted by Gasteiger charge is 2.07. The molecule has 0 saturated heterocycles. The lowest BCUT2D eigenvalue weighted by molar-refractivity contribution is 0.104. The van der Waals surface area contributed by atoms with Gasteiger partial charge in [-0.05, 0) is 36.4 Å². The van der Waals surface area contributed by atoms with E-state index in [-0.39, 0.29) is 17.1 Å². The molecule has 0 atom stereocenters. The first kappa shape index (κ1) is 14.3. The van der Waals surface area contributed by atoms with Crippen molar-refractivity contribution in [3.63, 3.8) is 0 Å². The predicted molar refractivity (Wildman–Crippen MR) is 88.2 cm³/mol. The van der Waals surface area contributed by atoms with Crippen LogP contribution in [0.15, 0.2) is 60.7 Å². The van der Waals surface area contributed by atoms with Gasteiger partial charge in [-0.1, -0.05) is 41.9 Å². The van der Waals surface area contributed by atoms with Crippen molar-refractivity contribution in [3.05, 3.63) is 77.0 Å². The van der Waals surface area contributed by atoms with Gasteiger partial charge in [-0.3, -0.25) is 4.79 Å². The van der Waals surface area contributed by atoms with Crippen molar-refractivity contribution in [2.75, 3.05) is 0 Å². The maximum Gasteiger partial charge on any atom is 0.189 e. The van der Waals surface area contributed by atoms with Gasteiger partial charge >= 0.3 is 0 Å². The monoisotopic (exact) mass is 309 g/mol. The van der Waals surface area contributed by atoms with E-state index in [9.17, 15) is 9.90 Å². The van der Waals surface area contributed by atoms with E-state index < -0.39 is 0 Å². The van der Waals surface area contributed by atoms with Gasteiger partial charge in [0.2, 0.25) is 0 Å². The van der Waals surface area contributed by atoms with Crippen LogP contribution in [0, 0.1) is 0 Å². The van der Waals surface area contributed by atoms with E-state index in [0.717, 1.165) is 10.9 Å². The fourth-order valence-corrected chi connectivity index (χ4v) is 2.37. The molecule has 3 rings (SSSR count). The molecule has 0 radical (unpaired) electrons. The number of aromatic hydroxyl groups is 1. The summed E-state index contributed by atoms with van der Waals surface area (Å²) in [5.74, 6) is -0.331. The van der Waals surface area contributed by atoms with Crippen LogP contribution in [0.5, 0.6) is 5.75 Å². The summed E-state index contributed by atoms with van der Waals surface area (Å²) in [6.45, 7) is 0. The molecular formula is C18H12ClNO2. The molecule has 2 aromatic carbocycles. The predicted octanol–water partition coefficient (Wildman–Crippen LogP) is 4.49. The lowest BCUT2D eigenvalue weighted by Gasteiger charge is -2.02. The topological polar surface area (TPSA) is 50.2 Å². The van der Waals surface area contributed by atoms with Gasteiger partial charge in [0.1, 0.15) is 10.9 Å². The van der Waals surface area contributed by atoms with Crippen LogP contribution in [0.4, 0.5) is 0 Å². The maximum absolute atomic E-state index is 12.1. The fraction of sp³-hybridized carbons (Fsp3) is 0. The largest absolute Gasteiger partial charge is 0.507 e. The van der Waals surface area contributed by atoms with Crippen LogP contribution in [0.3, 0.4) is 0 Å². The van der Waals surface area contributed by atoms with E-state index in [1.54, 1.807) is 24.3 Å². The molecule has 0 aliphatic heterocycles. The van der Waals surface area contributed by atoms with Crippen LogP contribution in [0.1, 0.15) is 15.9 Å². The van der Waals surface area contributed by atoms with Crippen LogP contribution >= 0.6 is 11.6 Å². The molecule has 3 aromatic rings. The van der Waals surface area contributed by atoms with Crippen LogP contribution in [0.2, 0.25) is 5.15 Å². The highest BCUT2D eigenvalue weighted by Crippen LogP contribution is 2.22. The number of carbonyl (C=O) groups excluding carboxylic acids is 1. The molecule has 0 aliphatic rings. The third-order valence-corrected chi connectivity index (χ3v) is 3.59. The average molecular weight is 310 g/mol. The summed E-state index contributed by atoms with van der Waals surface area (Å²) in [7, 11) is 0. The van der Waals surface area contributed by atoms with Gasteiger partial charge in [-0.15, -0.1) is 0 Å². The molecular weight excluding hydrogens is 298 g/mol. The molecule has 0 bridgehead atoms. The Bertz CT molecular complexity index is 887. The summed E-state index contributed by atoms with van der Waals surface area (Å²) < 4.78 is 0. The number of allylic oxidation sites excluding steroid dienone is 1. The lowest BCUT2D eigenvalue weighted by atomic mass is 10.1. The van der Waals surface area contributed by atoms with Crippen LogP contribution in [-0.2, 0) is 0 Å². The van der Waals surface area contributed by atoms with E-state index >= 15 is 0 Å². The first-order chi connectivity index (χ1) is 10.6. The minimum absolute atomic E-state index is 0.0418. The van der Waals surface area contributed by atoms with Gasteiger partial charge in [-0.25, -0.2) is 4.98 Å². The number of hydrogen-bond acceptors (Lipinski definition) is 3. The minimum atomic E-state index is -0.290. The zero-order valence-corrected chi connectivity index (χ0v) is 12.3. The molecule has 108 valence electrons. The second-order valence-electron chi connectivity index (χ2n) is 4.78. The highest BCUT2D eigenvalue weighted by atomic mass is 35.5.